The standard InChI is InChI=1S/C11H17N.C8H9F.C8H7N.C7H8BrNO2S.C7H8FNO2S/c1-9(2)12-8-11-7-5-4-6-10(11)3;1-6-3-4-8(9)5-7(6)2;1-7-4-2-3-5-8(7)6-9;2*1-5-4-6(8)2-3-7(5)12(9,10)11/h4-7,9,12H,8H2,1-3H3;3-5H,1-2H3;2-5H,1H3;2*2-4H,1H3,(H2,9,10,11). The van der Waals surface area contributed by atoms with Gasteiger partial charge in [0.1, 0.15) is 11.6 Å². The monoisotopic (exact) mass is 842 g/mol. The Labute approximate surface area is 328 Å². The topological polar surface area (TPSA) is 156 Å². The van der Waals surface area contributed by atoms with Crippen molar-refractivity contribution < 1.29 is 25.6 Å². The van der Waals surface area contributed by atoms with Crippen LogP contribution in [0.25, 0.3) is 0 Å². The largest absolute Gasteiger partial charge is 0.310 e. The predicted molar refractivity (Wildman–Crippen MR) is 218 cm³/mol. The van der Waals surface area contributed by atoms with Crippen molar-refractivity contribution in [3.05, 3.63) is 164 Å². The van der Waals surface area contributed by atoms with Crippen molar-refractivity contribution in [3.63, 3.8) is 0 Å². The molecule has 0 bridgehead atoms. The predicted octanol–water partition coefficient (Wildman–Crippen LogP) is 8.99. The number of nitriles is 1. The van der Waals surface area contributed by atoms with E-state index in [1.807, 2.05) is 45.0 Å². The van der Waals surface area contributed by atoms with Crippen molar-refractivity contribution in [1.29, 1.82) is 5.26 Å². The zero-order valence-corrected chi connectivity index (χ0v) is 35.0. The van der Waals surface area contributed by atoms with Gasteiger partial charge >= 0.3 is 0 Å². The van der Waals surface area contributed by atoms with Crippen molar-refractivity contribution in [2.24, 2.45) is 10.3 Å². The average molecular weight is 844 g/mol. The number of nitrogens with zero attached hydrogens (tertiary/aromatic N) is 1. The molecule has 8 nitrogen and oxygen atoms in total. The molecule has 0 amide bonds. The summed E-state index contributed by atoms with van der Waals surface area (Å²) in [7, 11) is -7.29. The van der Waals surface area contributed by atoms with Gasteiger partial charge in [0.2, 0.25) is 20.0 Å². The van der Waals surface area contributed by atoms with E-state index in [0.717, 1.165) is 51.5 Å². The smallest absolute Gasteiger partial charge is 0.238 e. The fraction of sp³-hybridized carbons (Fsp3) is 0.244. The number of aryl methyl sites for hydroxylation is 6. The molecule has 0 aliphatic heterocycles. The molecule has 13 heteroatoms. The minimum atomic E-state index is -3.72. The maximum absolute atomic E-state index is 12.5. The zero-order chi connectivity index (χ0) is 41.2. The van der Waals surface area contributed by atoms with Crippen molar-refractivity contribution in [1.82, 2.24) is 5.32 Å². The first-order valence-electron chi connectivity index (χ1n) is 16.6. The Bertz CT molecular complexity index is 2160. The fourth-order valence-electron chi connectivity index (χ4n) is 4.39. The van der Waals surface area contributed by atoms with Crippen LogP contribution in [-0.4, -0.2) is 22.9 Å². The highest BCUT2D eigenvalue weighted by molar-refractivity contribution is 9.10. The van der Waals surface area contributed by atoms with E-state index in [1.54, 1.807) is 25.1 Å². The van der Waals surface area contributed by atoms with E-state index in [-0.39, 0.29) is 15.6 Å². The van der Waals surface area contributed by atoms with Crippen LogP contribution in [0.5, 0.6) is 0 Å². The highest BCUT2D eigenvalue weighted by Gasteiger charge is 2.11. The van der Waals surface area contributed by atoms with E-state index in [9.17, 15) is 25.6 Å². The second-order valence-corrected chi connectivity index (χ2v) is 16.5. The fourth-order valence-corrected chi connectivity index (χ4v) is 6.40. The molecule has 290 valence electrons. The lowest BCUT2D eigenvalue weighted by atomic mass is 10.1. The van der Waals surface area contributed by atoms with Crippen molar-refractivity contribution in [3.8, 4) is 6.07 Å². The molecule has 5 aromatic rings. The Hall–Kier alpha value is -4.29. The molecule has 0 aliphatic rings. The summed E-state index contributed by atoms with van der Waals surface area (Å²) in [5.74, 6) is -0.627. The lowest BCUT2D eigenvalue weighted by Crippen LogP contribution is -2.22. The van der Waals surface area contributed by atoms with Gasteiger partial charge < -0.3 is 5.32 Å². The molecule has 0 aromatic heterocycles. The first-order chi connectivity index (χ1) is 25.1. The van der Waals surface area contributed by atoms with Gasteiger partial charge in [-0.2, -0.15) is 5.26 Å². The minimum absolute atomic E-state index is 0.0381. The van der Waals surface area contributed by atoms with Gasteiger partial charge in [0.15, 0.2) is 0 Å². The first-order valence-corrected chi connectivity index (χ1v) is 20.5. The van der Waals surface area contributed by atoms with Crippen LogP contribution in [0.2, 0.25) is 0 Å². The maximum atomic E-state index is 12.5. The number of hydrogen-bond acceptors (Lipinski definition) is 6. The minimum Gasteiger partial charge on any atom is -0.310 e. The first kappa shape index (κ1) is 47.7. The second kappa shape index (κ2) is 22.8. The maximum Gasteiger partial charge on any atom is 0.238 e. The summed E-state index contributed by atoms with van der Waals surface area (Å²) >= 11 is 3.23. The number of benzene rings is 5. The molecular weight excluding hydrogens is 795 g/mol. The normalized spacial score (nSPS) is 10.5. The van der Waals surface area contributed by atoms with Gasteiger partial charge in [-0.3, -0.25) is 0 Å². The molecule has 5 aromatic carbocycles. The van der Waals surface area contributed by atoms with Gasteiger partial charge in [0.25, 0.3) is 0 Å². The Morgan fingerprint density at radius 2 is 1.09 bits per heavy atom. The van der Waals surface area contributed by atoms with Gasteiger partial charge in [0.05, 0.1) is 21.4 Å². The number of primary sulfonamides is 2. The molecule has 0 saturated heterocycles. The highest BCUT2D eigenvalue weighted by atomic mass is 79.9. The molecule has 0 atom stereocenters. The summed E-state index contributed by atoms with van der Waals surface area (Å²) in [5, 5.41) is 21.7. The molecule has 0 saturated carbocycles. The molecule has 0 fully saturated rings. The lowest BCUT2D eigenvalue weighted by molar-refractivity contribution is 0.587. The number of hydrogen-bond donors (Lipinski definition) is 3. The van der Waals surface area contributed by atoms with E-state index < -0.39 is 25.9 Å². The van der Waals surface area contributed by atoms with Crippen LogP contribution < -0.4 is 15.6 Å². The van der Waals surface area contributed by atoms with E-state index in [4.69, 9.17) is 15.5 Å². The third-order valence-corrected chi connectivity index (χ3v) is 10.2. The molecule has 0 aliphatic carbocycles. The van der Waals surface area contributed by atoms with E-state index in [1.165, 1.54) is 36.2 Å². The van der Waals surface area contributed by atoms with Gasteiger partial charge in [-0.05, 0) is 135 Å². The third-order valence-electron chi connectivity index (χ3n) is 7.58. The molecule has 0 heterocycles. The van der Waals surface area contributed by atoms with Crippen LogP contribution in [0.3, 0.4) is 0 Å². The molecule has 54 heavy (non-hydrogen) atoms. The van der Waals surface area contributed by atoms with Crippen molar-refractivity contribution in [2.75, 3.05) is 0 Å². The molecule has 0 spiro atoms. The zero-order valence-electron chi connectivity index (χ0n) is 31.8. The molecule has 0 unspecified atom stereocenters. The van der Waals surface area contributed by atoms with Crippen molar-refractivity contribution >= 4 is 36.0 Å². The summed E-state index contributed by atoms with van der Waals surface area (Å²) in [6, 6.07) is 31.6. The number of halogens is 3. The number of nitrogens with one attached hydrogen (secondary N) is 1. The third kappa shape index (κ3) is 18.2. The van der Waals surface area contributed by atoms with Gasteiger partial charge in [-0.15, -0.1) is 0 Å². The van der Waals surface area contributed by atoms with Crippen LogP contribution in [0.1, 0.15) is 58.4 Å². The number of sulfonamides is 2. The quantitative estimate of drug-likeness (QED) is 0.160. The van der Waals surface area contributed by atoms with E-state index in [0.29, 0.717) is 17.2 Å². The lowest BCUT2D eigenvalue weighted by Gasteiger charge is -2.09. The number of rotatable bonds is 5. The molecule has 5 rings (SSSR count). The Morgan fingerprint density at radius 3 is 1.50 bits per heavy atom. The summed E-state index contributed by atoms with van der Waals surface area (Å²) in [5.41, 5.74) is 7.67. The van der Waals surface area contributed by atoms with Gasteiger partial charge in [-0.1, -0.05) is 78.3 Å². The SMILES string of the molecule is Cc1cc(Br)ccc1S(N)(=O)=O.Cc1cc(F)ccc1S(N)(=O)=O.Cc1ccc(F)cc1C.Cc1ccccc1C#N.Cc1ccccc1CNC(C)C. The Balaban J connectivity index is 0.000000339. The Kier molecular flexibility index (Phi) is 20.2. The van der Waals surface area contributed by atoms with Crippen LogP contribution in [0.4, 0.5) is 8.78 Å². The van der Waals surface area contributed by atoms with Crippen LogP contribution in [0.15, 0.2) is 117 Å². The second-order valence-electron chi connectivity index (χ2n) is 12.5. The highest BCUT2D eigenvalue weighted by Crippen LogP contribution is 2.18. The van der Waals surface area contributed by atoms with Gasteiger partial charge in [-0.25, -0.2) is 35.9 Å². The molecule has 0 radical (unpaired) electrons. The molecule has 5 N–H and O–H groups in total. The van der Waals surface area contributed by atoms with Gasteiger partial charge in [0, 0.05) is 17.1 Å². The van der Waals surface area contributed by atoms with Crippen LogP contribution in [0, 0.1) is 64.5 Å². The van der Waals surface area contributed by atoms with Crippen molar-refractivity contribution in [2.45, 2.75) is 77.8 Å². The van der Waals surface area contributed by atoms with E-state index in [2.05, 4.69) is 72.4 Å². The van der Waals surface area contributed by atoms with Crippen LogP contribution >= 0.6 is 15.9 Å². The summed E-state index contributed by atoms with van der Waals surface area (Å²) in [4.78, 5) is 0.134. The Morgan fingerprint density at radius 1 is 0.630 bits per heavy atom. The number of nitrogens with two attached hydrogens (primary N) is 2. The average Bonchev–Trinajstić information content (AvgIpc) is 3.06. The molecular formula is C41H49BrF2N4O4S2. The summed E-state index contributed by atoms with van der Waals surface area (Å²) < 4.78 is 69.2. The van der Waals surface area contributed by atoms with E-state index >= 15 is 0 Å². The summed E-state index contributed by atoms with van der Waals surface area (Å²) in [6.07, 6.45) is 0. The summed E-state index contributed by atoms with van der Waals surface area (Å²) in [6.45, 7) is 16.4. The van der Waals surface area contributed by atoms with Crippen LogP contribution in [-0.2, 0) is 26.6 Å².